The van der Waals surface area contributed by atoms with E-state index in [9.17, 15) is 4.39 Å². The molecule has 0 aliphatic carbocycles. The molecular formula is C15H13FN4. The average molecular weight is 268 g/mol. The molecule has 5 heteroatoms. The Balaban J connectivity index is 1.82. The summed E-state index contributed by atoms with van der Waals surface area (Å²) >= 11 is 0. The summed E-state index contributed by atoms with van der Waals surface area (Å²) in [6.45, 7) is 0. The van der Waals surface area contributed by atoms with Crippen LogP contribution < -0.4 is 5.73 Å². The molecular weight excluding hydrogens is 255 g/mol. The summed E-state index contributed by atoms with van der Waals surface area (Å²) in [5.74, 6) is 1.09. The molecule has 2 aromatic carbocycles. The van der Waals surface area contributed by atoms with Crippen molar-refractivity contribution in [1.82, 2.24) is 15.2 Å². The first kappa shape index (κ1) is 12.3. The fourth-order valence-corrected chi connectivity index (χ4v) is 1.98. The van der Waals surface area contributed by atoms with Gasteiger partial charge >= 0.3 is 0 Å². The smallest absolute Gasteiger partial charge is 0.181 e. The Morgan fingerprint density at radius 1 is 1.10 bits per heavy atom. The minimum atomic E-state index is -0.244. The van der Waals surface area contributed by atoms with Gasteiger partial charge in [-0.05, 0) is 29.8 Å². The van der Waals surface area contributed by atoms with Crippen molar-refractivity contribution < 1.29 is 4.39 Å². The highest BCUT2D eigenvalue weighted by Gasteiger charge is 2.07. The van der Waals surface area contributed by atoms with Gasteiger partial charge in [0.25, 0.3) is 0 Å². The van der Waals surface area contributed by atoms with Crippen LogP contribution in [0.4, 0.5) is 10.1 Å². The second-order valence-electron chi connectivity index (χ2n) is 4.53. The number of nitrogens with one attached hydrogen (secondary N) is 1. The van der Waals surface area contributed by atoms with Gasteiger partial charge in [0.2, 0.25) is 0 Å². The quantitative estimate of drug-likeness (QED) is 0.718. The van der Waals surface area contributed by atoms with Gasteiger partial charge < -0.3 is 5.73 Å². The van der Waals surface area contributed by atoms with E-state index in [0.717, 1.165) is 17.0 Å². The van der Waals surface area contributed by atoms with Gasteiger partial charge in [0.05, 0.1) is 0 Å². The Bertz CT molecular complexity index is 719. The van der Waals surface area contributed by atoms with Crippen molar-refractivity contribution in [3.8, 4) is 11.4 Å². The van der Waals surface area contributed by atoms with Crippen LogP contribution in [0.15, 0.2) is 48.5 Å². The van der Waals surface area contributed by atoms with Crippen LogP contribution in [0.5, 0.6) is 0 Å². The number of aromatic amines is 1. The third kappa shape index (κ3) is 2.66. The Morgan fingerprint density at radius 2 is 1.90 bits per heavy atom. The number of nitrogen functional groups attached to an aromatic ring is 1. The minimum Gasteiger partial charge on any atom is -0.399 e. The van der Waals surface area contributed by atoms with Gasteiger partial charge in [-0.2, -0.15) is 5.10 Å². The lowest BCUT2D eigenvalue weighted by molar-refractivity contribution is 0.627. The zero-order valence-corrected chi connectivity index (χ0v) is 10.7. The summed E-state index contributed by atoms with van der Waals surface area (Å²) in [7, 11) is 0. The van der Waals surface area contributed by atoms with E-state index in [-0.39, 0.29) is 5.82 Å². The fraction of sp³-hybridized carbons (Fsp3) is 0.0667. The van der Waals surface area contributed by atoms with Crippen LogP contribution in [0.3, 0.4) is 0 Å². The summed E-state index contributed by atoms with van der Waals surface area (Å²) in [6.07, 6.45) is 0.579. The summed E-state index contributed by atoms with van der Waals surface area (Å²) in [5.41, 5.74) is 8.25. The predicted octanol–water partition coefficient (Wildman–Crippen LogP) is 2.78. The number of aromatic nitrogens is 3. The van der Waals surface area contributed by atoms with Crippen molar-refractivity contribution in [1.29, 1.82) is 0 Å². The van der Waals surface area contributed by atoms with E-state index < -0.39 is 0 Å². The normalized spacial score (nSPS) is 10.7. The Kier molecular flexibility index (Phi) is 3.16. The molecule has 3 rings (SSSR count). The van der Waals surface area contributed by atoms with Crippen LogP contribution in [0.25, 0.3) is 11.4 Å². The Hall–Kier alpha value is -2.69. The van der Waals surface area contributed by atoms with Gasteiger partial charge in [0.1, 0.15) is 11.6 Å². The summed E-state index contributed by atoms with van der Waals surface area (Å²) in [5, 5.41) is 7.07. The number of nitrogens with zero attached hydrogens (tertiary/aromatic N) is 2. The largest absolute Gasteiger partial charge is 0.399 e. The standard InChI is InChI=1S/C15H13FN4/c16-12-6-4-10(5-7-12)8-14-18-15(20-19-14)11-2-1-3-13(17)9-11/h1-7,9H,8,17H2,(H,18,19,20). The monoisotopic (exact) mass is 268 g/mol. The topological polar surface area (TPSA) is 67.6 Å². The fourth-order valence-electron chi connectivity index (χ4n) is 1.98. The number of nitrogens with two attached hydrogens (primary N) is 1. The van der Waals surface area contributed by atoms with Crippen LogP contribution >= 0.6 is 0 Å². The van der Waals surface area contributed by atoms with E-state index in [1.54, 1.807) is 12.1 Å². The number of halogens is 1. The van der Waals surface area contributed by atoms with Gasteiger partial charge in [-0.3, -0.25) is 5.10 Å². The highest BCUT2D eigenvalue weighted by molar-refractivity contribution is 5.60. The van der Waals surface area contributed by atoms with Crippen molar-refractivity contribution in [2.24, 2.45) is 0 Å². The van der Waals surface area contributed by atoms with E-state index in [1.807, 2.05) is 24.3 Å². The number of hydrogen-bond acceptors (Lipinski definition) is 3. The number of H-pyrrole nitrogens is 1. The molecule has 0 atom stereocenters. The molecule has 0 unspecified atom stereocenters. The van der Waals surface area contributed by atoms with E-state index in [0.29, 0.717) is 17.9 Å². The first-order valence-corrected chi connectivity index (χ1v) is 6.22. The molecule has 0 amide bonds. The molecule has 0 radical (unpaired) electrons. The maximum Gasteiger partial charge on any atom is 0.181 e. The van der Waals surface area contributed by atoms with Crippen LogP contribution in [-0.2, 0) is 6.42 Å². The van der Waals surface area contributed by atoms with Crippen molar-refractivity contribution in [2.45, 2.75) is 6.42 Å². The third-order valence-electron chi connectivity index (χ3n) is 2.96. The molecule has 1 heterocycles. The van der Waals surface area contributed by atoms with Gasteiger partial charge in [-0.1, -0.05) is 24.3 Å². The van der Waals surface area contributed by atoms with Crippen molar-refractivity contribution in [2.75, 3.05) is 5.73 Å². The summed E-state index contributed by atoms with van der Waals surface area (Å²) in [6, 6.07) is 13.7. The molecule has 3 aromatic rings. The van der Waals surface area contributed by atoms with E-state index in [2.05, 4.69) is 15.2 Å². The maximum absolute atomic E-state index is 12.8. The molecule has 0 aliphatic heterocycles. The molecule has 4 nitrogen and oxygen atoms in total. The number of benzene rings is 2. The zero-order chi connectivity index (χ0) is 13.9. The van der Waals surface area contributed by atoms with E-state index in [1.165, 1.54) is 12.1 Å². The molecule has 0 spiro atoms. The van der Waals surface area contributed by atoms with Gasteiger partial charge in [-0.15, -0.1) is 0 Å². The molecule has 0 aliphatic rings. The van der Waals surface area contributed by atoms with E-state index in [4.69, 9.17) is 5.73 Å². The lowest BCUT2D eigenvalue weighted by Gasteiger charge is -1.97. The van der Waals surface area contributed by atoms with E-state index >= 15 is 0 Å². The number of anilines is 1. The Labute approximate surface area is 115 Å². The molecule has 0 bridgehead atoms. The minimum absolute atomic E-state index is 0.244. The van der Waals surface area contributed by atoms with Crippen molar-refractivity contribution in [3.63, 3.8) is 0 Å². The molecule has 1 aromatic heterocycles. The zero-order valence-electron chi connectivity index (χ0n) is 10.7. The molecule has 100 valence electrons. The first-order valence-electron chi connectivity index (χ1n) is 6.22. The average Bonchev–Trinajstić information content (AvgIpc) is 2.90. The second-order valence-corrected chi connectivity index (χ2v) is 4.53. The predicted molar refractivity (Wildman–Crippen MR) is 75.4 cm³/mol. The van der Waals surface area contributed by atoms with Gasteiger partial charge in [0, 0.05) is 17.7 Å². The van der Waals surface area contributed by atoms with Crippen LogP contribution in [0, 0.1) is 5.82 Å². The maximum atomic E-state index is 12.8. The summed E-state index contributed by atoms with van der Waals surface area (Å²) < 4.78 is 12.8. The number of hydrogen-bond donors (Lipinski definition) is 2. The molecule has 0 saturated carbocycles. The van der Waals surface area contributed by atoms with Crippen LogP contribution in [0.2, 0.25) is 0 Å². The van der Waals surface area contributed by atoms with Gasteiger partial charge in [-0.25, -0.2) is 9.37 Å². The lowest BCUT2D eigenvalue weighted by Crippen LogP contribution is -1.91. The first-order chi connectivity index (χ1) is 9.70. The third-order valence-corrected chi connectivity index (χ3v) is 2.96. The molecule has 0 saturated heterocycles. The van der Waals surface area contributed by atoms with Gasteiger partial charge in [0.15, 0.2) is 5.82 Å². The highest BCUT2D eigenvalue weighted by Crippen LogP contribution is 2.18. The van der Waals surface area contributed by atoms with Crippen molar-refractivity contribution in [3.05, 3.63) is 65.7 Å². The molecule has 0 fully saturated rings. The highest BCUT2D eigenvalue weighted by atomic mass is 19.1. The Morgan fingerprint density at radius 3 is 2.65 bits per heavy atom. The number of rotatable bonds is 3. The van der Waals surface area contributed by atoms with Crippen LogP contribution in [0.1, 0.15) is 11.4 Å². The molecule has 20 heavy (non-hydrogen) atoms. The lowest BCUT2D eigenvalue weighted by atomic mass is 10.1. The molecule has 3 N–H and O–H groups in total. The summed E-state index contributed by atoms with van der Waals surface area (Å²) in [4.78, 5) is 4.42. The SMILES string of the molecule is Nc1cccc(-c2n[nH]c(Cc3ccc(F)cc3)n2)c1. The van der Waals surface area contributed by atoms with Crippen molar-refractivity contribution >= 4 is 5.69 Å². The van der Waals surface area contributed by atoms with Crippen LogP contribution in [-0.4, -0.2) is 15.2 Å². The second kappa shape index (κ2) is 5.13.